The van der Waals surface area contributed by atoms with Crippen LogP contribution in [0.3, 0.4) is 0 Å². The molecule has 1 heterocycles. The van der Waals surface area contributed by atoms with Crippen molar-refractivity contribution >= 4 is 41.4 Å². The van der Waals surface area contributed by atoms with Gasteiger partial charge in [-0.3, -0.25) is 0 Å². The average molecular weight is 408 g/mol. The Labute approximate surface area is 154 Å². The number of nitrogen functional groups attached to an aromatic ring is 1. The molecule has 6 heteroatoms. The molecule has 0 amide bonds. The maximum absolute atomic E-state index is 6.25. The van der Waals surface area contributed by atoms with Crippen LogP contribution in [0.25, 0.3) is 0 Å². The fourth-order valence-electron chi connectivity index (χ4n) is 1.85. The summed E-state index contributed by atoms with van der Waals surface area (Å²) in [5.41, 5.74) is 8.67. The van der Waals surface area contributed by atoms with Crippen LogP contribution >= 0.6 is 15.9 Å². The molecule has 0 saturated carbocycles. The van der Waals surface area contributed by atoms with E-state index in [-0.39, 0.29) is 5.04 Å². The van der Waals surface area contributed by atoms with E-state index < -0.39 is 8.32 Å². The first-order valence-electron chi connectivity index (χ1n) is 8.00. The summed E-state index contributed by atoms with van der Waals surface area (Å²) in [6.45, 7) is 11.9. The number of anilines is 3. The molecule has 2 aromatic rings. The predicted octanol–water partition coefficient (Wildman–Crippen LogP) is 5.69. The number of nitrogens with one attached hydrogen (secondary N) is 1. The first kappa shape index (κ1) is 19.0. The summed E-state index contributed by atoms with van der Waals surface area (Å²) < 4.78 is 7.00. The van der Waals surface area contributed by atoms with Crippen molar-refractivity contribution in [2.45, 2.75) is 45.5 Å². The molecule has 0 spiro atoms. The number of rotatable bonds is 5. The van der Waals surface area contributed by atoms with E-state index in [0.717, 1.165) is 10.3 Å². The molecule has 1 aromatic carbocycles. The van der Waals surface area contributed by atoms with Crippen LogP contribution in [0.4, 0.5) is 17.2 Å². The molecule has 0 aliphatic rings. The molecule has 4 nitrogen and oxygen atoms in total. The summed E-state index contributed by atoms with van der Waals surface area (Å²) in [4.78, 5) is 4.35. The quantitative estimate of drug-likeness (QED) is 0.493. The summed E-state index contributed by atoms with van der Waals surface area (Å²) in [5, 5.41) is 3.46. The van der Waals surface area contributed by atoms with Crippen molar-refractivity contribution in [2.75, 3.05) is 11.1 Å². The van der Waals surface area contributed by atoms with Gasteiger partial charge in [0.1, 0.15) is 4.60 Å². The number of hydrogen-bond acceptors (Lipinski definition) is 4. The van der Waals surface area contributed by atoms with Crippen molar-refractivity contribution in [3.8, 4) is 0 Å². The summed E-state index contributed by atoms with van der Waals surface area (Å²) in [6, 6.07) is 11.8. The number of hydrogen-bond donors (Lipinski definition) is 2. The van der Waals surface area contributed by atoms with Gasteiger partial charge in [0.05, 0.1) is 12.3 Å². The smallest absolute Gasteiger partial charge is 0.192 e. The molecule has 0 unspecified atom stereocenters. The molecule has 24 heavy (non-hydrogen) atoms. The third kappa shape index (κ3) is 4.81. The topological polar surface area (TPSA) is 60.2 Å². The molecule has 0 saturated heterocycles. The zero-order valence-electron chi connectivity index (χ0n) is 15.0. The fourth-order valence-corrected chi connectivity index (χ4v) is 3.12. The number of nitrogens with two attached hydrogens (primary N) is 1. The zero-order chi connectivity index (χ0) is 18.0. The van der Waals surface area contributed by atoms with Gasteiger partial charge >= 0.3 is 0 Å². The Morgan fingerprint density at radius 1 is 1.12 bits per heavy atom. The Morgan fingerprint density at radius 3 is 2.33 bits per heavy atom. The number of aromatic nitrogens is 1. The van der Waals surface area contributed by atoms with E-state index in [0.29, 0.717) is 18.1 Å². The van der Waals surface area contributed by atoms with Crippen LogP contribution in [0.15, 0.2) is 41.0 Å². The Hall–Kier alpha value is -1.37. The number of pyridine rings is 1. The second kappa shape index (κ2) is 7.25. The van der Waals surface area contributed by atoms with E-state index in [1.54, 1.807) is 0 Å². The second-order valence-electron chi connectivity index (χ2n) is 7.44. The molecule has 0 bridgehead atoms. The molecule has 130 valence electrons. The third-order valence-corrected chi connectivity index (χ3v) is 9.44. The van der Waals surface area contributed by atoms with Gasteiger partial charge in [0.2, 0.25) is 0 Å². The van der Waals surface area contributed by atoms with Gasteiger partial charge in [-0.05, 0) is 63.9 Å². The highest BCUT2D eigenvalue weighted by Crippen LogP contribution is 2.37. The van der Waals surface area contributed by atoms with Gasteiger partial charge in [0.25, 0.3) is 0 Å². The van der Waals surface area contributed by atoms with Crippen molar-refractivity contribution < 1.29 is 4.43 Å². The van der Waals surface area contributed by atoms with E-state index in [1.165, 1.54) is 5.56 Å². The first-order chi connectivity index (χ1) is 11.1. The summed E-state index contributed by atoms with van der Waals surface area (Å²) >= 11 is 3.36. The predicted molar refractivity (Wildman–Crippen MR) is 108 cm³/mol. The standard InChI is InChI=1S/C18H26BrN3OSi/c1-18(2,3)24(4,5)23-12-13-6-8-14(9-7-13)21-17-15(20)10-11-16(19)22-17/h6-11H,12,20H2,1-5H3,(H,21,22). The van der Waals surface area contributed by atoms with Crippen molar-refractivity contribution in [3.63, 3.8) is 0 Å². The Morgan fingerprint density at radius 2 is 1.75 bits per heavy atom. The molecule has 1 aromatic heterocycles. The van der Waals surface area contributed by atoms with Crippen LogP contribution in [0.5, 0.6) is 0 Å². The maximum Gasteiger partial charge on any atom is 0.192 e. The largest absolute Gasteiger partial charge is 0.413 e. The lowest BCUT2D eigenvalue weighted by atomic mass is 10.2. The third-order valence-electron chi connectivity index (χ3n) is 4.52. The highest BCUT2D eigenvalue weighted by atomic mass is 79.9. The van der Waals surface area contributed by atoms with Crippen LogP contribution in [-0.2, 0) is 11.0 Å². The molecule has 0 aliphatic carbocycles. The van der Waals surface area contributed by atoms with Crippen LogP contribution in [0.2, 0.25) is 18.1 Å². The van der Waals surface area contributed by atoms with Crippen molar-refractivity contribution in [3.05, 3.63) is 46.6 Å². The monoisotopic (exact) mass is 407 g/mol. The van der Waals surface area contributed by atoms with Crippen LogP contribution < -0.4 is 11.1 Å². The number of halogens is 1. The van der Waals surface area contributed by atoms with E-state index in [1.807, 2.05) is 24.3 Å². The molecule has 0 aliphatic heterocycles. The van der Waals surface area contributed by atoms with Crippen LogP contribution in [-0.4, -0.2) is 13.3 Å². The minimum atomic E-state index is -1.72. The summed E-state index contributed by atoms with van der Waals surface area (Å²) in [7, 11) is -1.72. The minimum Gasteiger partial charge on any atom is -0.413 e. The highest BCUT2D eigenvalue weighted by Gasteiger charge is 2.36. The zero-order valence-corrected chi connectivity index (χ0v) is 17.6. The van der Waals surface area contributed by atoms with Crippen LogP contribution in [0, 0.1) is 0 Å². The highest BCUT2D eigenvalue weighted by molar-refractivity contribution is 9.10. The Balaban J connectivity index is 2.02. The number of nitrogens with zero attached hydrogens (tertiary/aromatic N) is 1. The average Bonchev–Trinajstić information content (AvgIpc) is 2.49. The number of benzene rings is 1. The molecule has 0 fully saturated rings. The van der Waals surface area contributed by atoms with Gasteiger partial charge in [-0.25, -0.2) is 4.98 Å². The molecular formula is C18H26BrN3OSi. The lowest BCUT2D eigenvalue weighted by Gasteiger charge is -2.36. The summed E-state index contributed by atoms with van der Waals surface area (Å²) in [6.07, 6.45) is 0. The first-order valence-corrected chi connectivity index (χ1v) is 11.7. The summed E-state index contributed by atoms with van der Waals surface area (Å²) in [5.74, 6) is 0.648. The minimum absolute atomic E-state index is 0.221. The van der Waals surface area contributed by atoms with Gasteiger partial charge in [-0.2, -0.15) is 0 Å². The van der Waals surface area contributed by atoms with Crippen molar-refractivity contribution in [1.82, 2.24) is 4.98 Å². The van der Waals surface area contributed by atoms with Gasteiger partial charge in [-0.15, -0.1) is 0 Å². The normalized spacial score (nSPS) is 12.2. The van der Waals surface area contributed by atoms with Gasteiger partial charge in [-0.1, -0.05) is 32.9 Å². The van der Waals surface area contributed by atoms with Gasteiger partial charge < -0.3 is 15.5 Å². The second-order valence-corrected chi connectivity index (χ2v) is 13.1. The van der Waals surface area contributed by atoms with E-state index in [9.17, 15) is 0 Å². The molecule has 3 N–H and O–H groups in total. The van der Waals surface area contributed by atoms with Crippen LogP contribution in [0.1, 0.15) is 26.3 Å². The molecule has 0 atom stereocenters. The van der Waals surface area contributed by atoms with E-state index >= 15 is 0 Å². The van der Waals surface area contributed by atoms with Crippen molar-refractivity contribution in [1.29, 1.82) is 0 Å². The fraction of sp³-hybridized carbons (Fsp3) is 0.389. The maximum atomic E-state index is 6.25. The Bertz CT molecular complexity index is 696. The lowest BCUT2D eigenvalue weighted by molar-refractivity contribution is 0.276. The van der Waals surface area contributed by atoms with Gasteiger partial charge in [0.15, 0.2) is 14.1 Å². The molecule has 2 rings (SSSR count). The Kier molecular flexibility index (Phi) is 5.73. The molecule has 0 radical (unpaired) electrons. The SMILES string of the molecule is CC(C)(C)[Si](C)(C)OCc1ccc(Nc2nc(Br)ccc2N)cc1. The molecular weight excluding hydrogens is 382 g/mol. The van der Waals surface area contributed by atoms with E-state index in [2.05, 4.69) is 72.2 Å². The van der Waals surface area contributed by atoms with Crippen molar-refractivity contribution in [2.24, 2.45) is 0 Å². The van der Waals surface area contributed by atoms with E-state index in [4.69, 9.17) is 10.2 Å². The lowest BCUT2D eigenvalue weighted by Crippen LogP contribution is -2.40. The van der Waals surface area contributed by atoms with Gasteiger partial charge in [0, 0.05) is 5.69 Å².